The van der Waals surface area contributed by atoms with Crippen LogP contribution >= 0.6 is 0 Å². The smallest absolute Gasteiger partial charge is 0.318 e. The zero-order chi connectivity index (χ0) is 19.2. The zero-order valence-corrected chi connectivity index (χ0v) is 16.2. The van der Waals surface area contributed by atoms with Crippen molar-refractivity contribution in [2.45, 2.75) is 44.7 Å². The van der Waals surface area contributed by atoms with Crippen LogP contribution in [0.15, 0.2) is 18.2 Å². The Labute approximate surface area is 160 Å². The number of carbonyl (C=O) groups excluding carboxylic acids is 2. The highest BCUT2D eigenvalue weighted by Gasteiger charge is 2.36. The monoisotopic (exact) mass is 375 g/mol. The van der Waals surface area contributed by atoms with Crippen LogP contribution in [-0.2, 0) is 11.3 Å². The molecule has 148 valence electrons. The van der Waals surface area contributed by atoms with Crippen LogP contribution in [0.5, 0.6) is 11.5 Å². The van der Waals surface area contributed by atoms with E-state index in [0.29, 0.717) is 24.6 Å². The first-order valence-corrected chi connectivity index (χ1v) is 9.69. The molecule has 1 aromatic carbocycles. The van der Waals surface area contributed by atoms with Gasteiger partial charge in [0.15, 0.2) is 11.5 Å². The highest BCUT2D eigenvalue weighted by molar-refractivity contribution is 5.87. The fourth-order valence-electron chi connectivity index (χ4n) is 3.96. The first-order chi connectivity index (χ1) is 13.2. The Morgan fingerprint density at radius 2 is 1.85 bits per heavy atom. The highest BCUT2D eigenvalue weighted by Crippen LogP contribution is 2.30. The van der Waals surface area contributed by atoms with Crippen LogP contribution in [0.2, 0.25) is 0 Å². The molecule has 7 heteroatoms. The van der Waals surface area contributed by atoms with Gasteiger partial charge in [-0.3, -0.25) is 4.79 Å². The topological polar surface area (TPSA) is 71.1 Å². The Balaban J connectivity index is 1.62. The van der Waals surface area contributed by atoms with E-state index in [9.17, 15) is 9.59 Å². The van der Waals surface area contributed by atoms with E-state index < -0.39 is 0 Å². The molecule has 1 atom stereocenters. The Bertz CT molecular complexity index is 673. The zero-order valence-electron chi connectivity index (χ0n) is 16.2. The van der Waals surface area contributed by atoms with Crippen LogP contribution in [0.4, 0.5) is 4.79 Å². The fraction of sp³-hybridized carbons (Fsp3) is 0.600. The summed E-state index contributed by atoms with van der Waals surface area (Å²) in [6, 6.07) is 5.03. The molecule has 0 spiro atoms. The van der Waals surface area contributed by atoms with Crippen molar-refractivity contribution in [3.63, 3.8) is 0 Å². The van der Waals surface area contributed by atoms with Crippen LogP contribution in [-0.4, -0.2) is 61.6 Å². The second kappa shape index (κ2) is 8.97. The van der Waals surface area contributed by atoms with Crippen LogP contribution < -0.4 is 14.8 Å². The van der Waals surface area contributed by atoms with E-state index in [1.807, 2.05) is 23.1 Å². The molecule has 0 aliphatic carbocycles. The number of nitrogens with one attached hydrogen (secondary N) is 1. The first kappa shape index (κ1) is 19.3. The van der Waals surface area contributed by atoms with E-state index in [4.69, 9.17) is 9.47 Å². The third-order valence-corrected chi connectivity index (χ3v) is 5.38. The predicted molar refractivity (Wildman–Crippen MR) is 102 cm³/mol. The van der Waals surface area contributed by atoms with E-state index in [0.717, 1.165) is 44.3 Å². The summed E-state index contributed by atoms with van der Waals surface area (Å²) in [4.78, 5) is 29.2. The van der Waals surface area contributed by atoms with Crippen molar-refractivity contribution in [3.8, 4) is 11.5 Å². The molecule has 2 heterocycles. The fourth-order valence-corrected chi connectivity index (χ4v) is 3.96. The van der Waals surface area contributed by atoms with Gasteiger partial charge in [-0.25, -0.2) is 4.79 Å². The molecule has 3 amide bonds. The normalized spacial score (nSPS) is 19.7. The summed E-state index contributed by atoms with van der Waals surface area (Å²) >= 11 is 0. The number of para-hydroxylation sites is 1. The van der Waals surface area contributed by atoms with E-state index >= 15 is 0 Å². The van der Waals surface area contributed by atoms with E-state index in [2.05, 4.69) is 5.32 Å². The van der Waals surface area contributed by atoms with Gasteiger partial charge in [0.05, 0.1) is 14.2 Å². The molecule has 27 heavy (non-hydrogen) atoms. The molecule has 0 radical (unpaired) electrons. The van der Waals surface area contributed by atoms with Gasteiger partial charge in [0.1, 0.15) is 6.04 Å². The van der Waals surface area contributed by atoms with Gasteiger partial charge in [-0.1, -0.05) is 12.1 Å². The van der Waals surface area contributed by atoms with Gasteiger partial charge < -0.3 is 24.6 Å². The Morgan fingerprint density at radius 1 is 1.07 bits per heavy atom. The summed E-state index contributed by atoms with van der Waals surface area (Å²) in [5.74, 6) is 1.34. The van der Waals surface area contributed by atoms with Crippen molar-refractivity contribution in [2.75, 3.05) is 33.9 Å². The third kappa shape index (κ3) is 4.28. The second-order valence-corrected chi connectivity index (χ2v) is 7.05. The van der Waals surface area contributed by atoms with Gasteiger partial charge in [0.25, 0.3) is 0 Å². The molecule has 2 aliphatic rings. The molecule has 0 saturated carbocycles. The number of rotatable bonds is 5. The standard InChI is InChI=1S/C20H29N3O4/c1-26-17-10-6-8-15(18(17)27-2)14-21-20(25)23-13-7-9-16(23)19(24)22-11-4-3-5-12-22/h6,8,10,16H,3-5,7,9,11-14H2,1-2H3,(H,21,25)/t16-/m0/s1. The van der Waals surface area contributed by atoms with Crippen molar-refractivity contribution in [1.82, 2.24) is 15.1 Å². The van der Waals surface area contributed by atoms with Gasteiger partial charge in [0, 0.05) is 31.7 Å². The lowest BCUT2D eigenvalue weighted by Gasteiger charge is -2.32. The molecule has 2 saturated heterocycles. The lowest BCUT2D eigenvalue weighted by atomic mass is 10.1. The summed E-state index contributed by atoms with van der Waals surface area (Å²) in [6.45, 7) is 2.56. The molecule has 0 unspecified atom stereocenters. The van der Waals surface area contributed by atoms with Gasteiger partial charge in [-0.15, -0.1) is 0 Å². The predicted octanol–water partition coefficient (Wildman–Crippen LogP) is 2.39. The lowest BCUT2D eigenvalue weighted by molar-refractivity contribution is -0.136. The number of piperidine rings is 1. The van der Waals surface area contributed by atoms with Crippen LogP contribution in [0, 0.1) is 0 Å². The van der Waals surface area contributed by atoms with Crippen molar-refractivity contribution in [2.24, 2.45) is 0 Å². The number of amides is 3. The number of urea groups is 1. The maximum atomic E-state index is 12.8. The molecule has 0 aromatic heterocycles. The minimum absolute atomic E-state index is 0.0984. The summed E-state index contributed by atoms with van der Waals surface area (Å²) in [6.07, 6.45) is 4.90. The molecular formula is C20H29N3O4. The van der Waals surface area contributed by atoms with Crippen molar-refractivity contribution in [1.29, 1.82) is 0 Å². The lowest BCUT2D eigenvalue weighted by Crippen LogP contribution is -2.51. The van der Waals surface area contributed by atoms with E-state index in [1.165, 1.54) is 6.42 Å². The molecule has 1 N–H and O–H groups in total. The van der Waals surface area contributed by atoms with Crippen molar-refractivity contribution >= 4 is 11.9 Å². The molecule has 2 aliphatic heterocycles. The molecule has 3 rings (SSSR count). The van der Waals surface area contributed by atoms with Gasteiger partial charge in [-0.05, 0) is 38.2 Å². The third-order valence-electron chi connectivity index (χ3n) is 5.38. The van der Waals surface area contributed by atoms with E-state index in [-0.39, 0.29) is 18.0 Å². The largest absolute Gasteiger partial charge is 0.493 e. The summed E-state index contributed by atoms with van der Waals surface area (Å²) in [7, 11) is 3.16. The maximum absolute atomic E-state index is 12.8. The van der Waals surface area contributed by atoms with Gasteiger partial charge in [0.2, 0.25) is 5.91 Å². The van der Waals surface area contributed by atoms with E-state index in [1.54, 1.807) is 19.1 Å². The number of hydrogen-bond donors (Lipinski definition) is 1. The summed E-state index contributed by atoms with van der Waals surface area (Å²) < 4.78 is 10.7. The SMILES string of the molecule is COc1cccc(CNC(=O)N2CCC[C@H]2C(=O)N2CCCCC2)c1OC. The second-order valence-electron chi connectivity index (χ2n) is 7.05. The summed E-state index contributed by atoms with van der Waals surface area (Å²) in [5, 5.41) is 2.94. The molecule has 2 fully saturated rings. The van der Waals surface area contributed by atoms with Crippen LogP contribution in [0.25, 0.3) is 0 Å². The molecular weight excluding hydrogens is 346 g/mol. The number of hydrogen-bond acceptors (Lipinski definition) is 4. The van der Waals surface area contributed by atoms with Crippen LogP contribution in [0.1, 0.15) is 37.7 Å². The first-order valence-electron chi connectivity index (χ1n) is 9.69. The summed E-state index contributed by atoms with van der Waals surface area (Å²) in [5.41, 5.74) is 0.836. The average molecular weight is 375 g/mol. The number of carbonyl (C=O) groups is 2. The van der Waals surface area contributed by atoms with Gasteiger partial charge >= 0.3 is 6.03 Å². The quantitative estimate of drug-likeness (QED) is 0.858. The average Bonchev–Trinajstić information content (AvgIpc) is 3.21. The number of nitrogens with zero attached hydrogens (tertiary/aromatic N) is 2. The minimum atomic E-state index is -0.338. The number of benzene rings is 1. The molecule has 0 bridgehead atoms. The Hall–Kier alpha value is -2.44. The minimum Gasteiger partial charge on any atom is -0.493 e. The Morgan fingerprint density at radius 3 is 2.56 bits per heavy atom. The number of methoxy groups -OCH3 is 2. The maximum Gasteiger partial charge on any atom is 0.318 e. The number of ether oxygens (including phenoxy) is 2. The molecule has 7 nitrogen and oxygen atoms in total. The van der Waals surface area contributed by atoms with Crippen molar-refractivity contribution < 1.29 is 19.1 Å². The molecule has 1 aromatic rings. The highest BCUT2D eigenvalue weighted by atomic mass is 16.5. The van der Waals surface area contributed by atoms with Crippen LogP contribution in [0.3, 0.4) is 0 Å². The number of likely N-dealkylation sites (tertiary alicyclic amines) is 2. The van der Waals surface area contributed by atoms with Gasteiger partial charge in [-0.2, -0.15) is 0 Å². The Kier molecular flexibility index (Phi) is 6.42. The van der Waals surface area contributed by atoms with Crippen molar-refractivity contribution in [3.05, 3.63) is 23.8 Å².